The summed E-state index contributed by atoms with van der Waals surface area (Å²) in [6.07, 6.45) is 27.7. The number of hydrogen-bond donors (Lipinski definition) is 1. The minimum Gasteiger partial charge on any atom is -0.466 e. The minimum atomic E-state index is -0.368. The quantitative estimate of drug-likeness (QED) is 0.0567. The summed E-state index contributed by atoms with van der Waals surface area (Å²) in [6, 6.07) is 1.39. The van der Waals surface area contributed by atoms with Crippen molar-refractivity contribution >= 4 is 11.9 Å². The lowest BCUT2D eigenvalue weighted by molar-refractivity contribution is -0.150. The molecular weight excluding hydrogens is 618 g/mol. The van der Waals surface area contributed by atoms with E-state index in [-0.39, 0.29) is 29.3 Å². The first-order valence-corrected chi connectivity index (χ1v) is 20.3. The predicted octanol–water partition coefficient (Wildman–Crippen LogP) is 9.11. The second-order valence-corrected chi connectivity index (χ2v) is 13.9. The number of nitrogens with one attached hydrogen (secondary N) is 1. The molecule has 1 unspecified atom stereocenters. The molecule has 1 atom stereocenters. The second-order valence-electron chi connectivity index (χ2n) is 13.9. The van der Waals surface area contributed by atoms with Crippen LogP contribution in [-0.2, 0) is 25.6 Å². The molecule has 1 rings (SSSR count). The molecule has 0 radical (unpaired) electrons. The largest absolute Gasteiger partial charge is 0.466 e. The maximum Gasteiger partial charge on any atom is 0.328 e. The number of carbonyl (C=O) groups is 2. The van der Waals surface area contributed by atoms with Crippen LogP contribution in [0.5, 0.6) is 0 Å². The van der Waals surface area contributed by atoms with Gasteiger partial charge in [-0.3, -0.25) is 19.4 Å². The van der Waals surface area contributed by atoms with E-state index >= 15 is 0 Å². The number of aryl methyl sites for hydroxylation is 1. The van der Waals surface area contributed by atoms with E-state index in [0.29, 0.717) is 26.0 Å². The number of nitrogens with zero attached hydrogens (tertiary/aromatic N) is 2. The van der Waals surface area contributed by atoms with E-state index in [1.54, 1.807) is 10.8 Å². The number of esters is 2. The first-order chi connectivity index (χ1) is 23.9. The highest BCUT2D eigenvalue weighted by Gasteiger charge is 2.14. The zero-order valence-electron chi connectivity index (χ0n) is 31.8. The Bertz CT molecular complexity index is 1050. The van der Waals surface area contributed by atoms with E-state index in [0.717, 1.165) is 135 Å². The number of carbonyl (C=O) groups excluding carboxylic acids is 2. The summed E-state index contributed by atoms with van der Waals surface area (Å²) in [5, 5.41) is 0. The van der Waals surface area contributed by atoms with Gasteiger partial charge in [0.2, 0.25) is 0 Å². The third-order valence-corrected chi connectivity index (χ3v) is 9.30. The lowest BCUT2D eigenvalue weighted by Gasteiger charge is -2.22. The van der Waals surface area contributed by atoms with Crippen molar-refractivity contribution in [3.05, 3.63) is 33.1 Å². The van der Waals surface area contributed by atoms with Gasteiger partial charge in [0.1, 0.15) is 6.10 Å². The van der Waals surface area contributed by atoms with Gasteiger partial charge in [-0.15, -0.1) is 0 Å². The highest BCUT2D eigenvalue weighted by Crippen LogP contribution is 2.16. The van der Waals surface area contributed by atoms with Crippen molar-refractivity contribution in [3.8, 4) is 0 Å². The number of ether oxygens (including phenoxy) is 2. The topological polar surface area (TPSA) is 111 Å². The standard InChI is InChI=1S/C40H73N3O6/c1-4-7-10-17-23-35-48-38(45)27-19-13-11-15-21-30-42(32-24-33-43-34-29-37(44)41-40(43)47)31-22-16-12-14-20-28-39(46)49-36(25-9-6-3)26-18-8-5-2/h29,34,36H,4-28,30-33,35H2,1-3H3,(H,41,44,47). The van der Waals surface area contributed by atoms with Crippen molar-refractivity contribution in [2.45, 2.75) is 194 Å². The maximum absolute atomic E-state index is 12.5. The molecule has 1 aromatic heterocycles. The monoisotopic (exact) mass is 692 g/mol. The Labute approximate surface area is 298 Å². The molecule has 49 heavy (non-hydrogen) atoms. The zero-order valence-corrected chi connectivity index (χ0v) is 31.8. The molecule has 0 aliphatic carbocycles. The van der Waals surface area contributed by atoms with Crippen LogP contribution in [-0.4, -0.2) is 58.7 Å². The molecule has 0 saturated carbocycles. The van der Waals surface area contributed by atoms with Crippen LogP contribution in [0.3, 0.4) is 0 Å². The third kappa shape index (κ3) is 26.1. The van der Waals surface area contributed by atoms with E-state index in [4.69, 9.17) is 9.47 Å². The first kappa shape index (κ1) is 44.6. The number of aromatic nitrogens is 2. The molecule has 0 spiro atoms. The van der Waals surface area contributed by atoms with Crippen molar-refractivity contribution in [1.29, 1.82) is 0 Å². The van der Waals surface area contributed by atoms with E-state index in [1.165, 1.54) is 38.2 Å². The summed E-state index contributed by atoms with van der Waals surface area (Å²) in [5.74, 6) is -0.0875. The molecule has 1 N–H and O–H groups in total. The molecule has 0 fully saturated rings. The summed E-state index contributed by atoms with van der Waals surface area (Å²) in [6.45, 7) is 10.7. The van der Waals surface area contributed by atoms with Gasteiger partial charge in [-0.05, 0) is 77.4 Å². The molecule has 0 amide bonds. The lowest BCUT2D eigenvalue weighted by atomic mass is 10.1. The van der Waals surface area contributed by atoms with Crippen LogP contribution in [0.15, 0.2) is 21.9 Å². The van der Waals surface area contributed by atoms with Crippen molar-refractivity contribution in [1.82, 2.24) is 14.5 Å². The number of hydrogen-bond acceptors (Lipinski definition) is 7. The Morgan fingerprint density at radius 1 is 0.653 bits per heavy atom. The third-order valence-electron chi connectivity index (χ3n) is 9.30. The van der Waals surface area contributed by atoms with Gasteiger partial charge >= 0.3 is 17.6 Å². The zero-order chi connectivity index (χ0) is 35.8. The summed E-state index contributed by atoms with van der Waals surface area (Å²) in [5.41, 5.74) is -0.722. The smallest absolute Gasteiger partial charge is 0.328 e. The SMILES string of the molecule is CCCCCCCOC(=O)CCCCCCCN(CCCCCCCC(=O)OC(CCCC)CCCCC)CCCn1ccc(=O)[nH]c1=O. The highest BCUT2D eigenvalue weighted by atomic mass is 16.5. The molecular formula is C40H73N3O6. The second kappa shape index (κ2) is 31.6. The molecule has 0 aliphatic rings. The molecule has 1 aromatic rings. The fraction of sp³-hybridized carbons (Fsp3) is 0.850. The van der Waals surface area contributed by atoms with E-state index < -0.39 is 0 Å². The lowest BCUT2D eigenvalue weighted by Crippen LogP contribution is -2.31. The number of unbranched alkanes of at least 4 members (excludes halogenated alkanes) is 15. The van der Waals surface area contributed by atoms with E-state index in [1.807, 2.05) is 0 Å². The predicted molar refractivity (Wildman–Crippen MR) is 201 cm³/mol. The van der Waals surface area contributed by atoms with Crippen LogP contribution in [0.4, 0.5) is 0 Å². The van der Waals surface area contributed by atoms with Crippen molar-refractivity contribution in [3.63, 3.8) is 0 Å². The van der Waals surface area contributed by atoms with E-state index in [2.05, 4.69) is 30.7 Å². The van der Waals surface area contributed by atoms with Crippen LogP contribution in [0.1, 0.15) is 181 Å². The molecule has 0 aliphatic heterocycles. The maximum atomic E-state index is 12.5. The van der Waals surface area contributed by atoms with Gasteiger partial charge in [-0.25, -0.2) is 4.79 Å². The highest BCUT2D eigenvalue weighted by molar-refractivity contribution is 5.69. The van der Waals surface area contributed by atoms with Gasteiger partial charge < -0.3 is 18.9 Å². The Balaban J connectivity index is 2.32. The van der Waals surface area contributed by atoms with Gasteiger partial charge in [0.05, 0.1) is 6.61 Å². The summed E-state index contributed by atoms with van der Waals surface area (Å²) >= 11 is 0. The van der Waals surface area contributed by atoms with Crippen molar-refractivity contribution in [2.24, 2.45) is 0 Å². The molecule has 0 aromatic carbocycles. The fourth-order valence-corrected chi connectivity index (χ4v) is 6.22. The van der Waals surface area contributed by atoms with Crippen LogP contribution in [0.2, 0.25) is 0 Å². The van der Waals surface area contributed by atoms with E-state index in [9.17, 15) is 19.2 Å². The van der Waals surface area contributed by atoms with Gasteiger partial charge in [0, 0.05) is 31.6 Å². The number of aromatic amines is 1. The summed E-state index contributed by atoms with van der Waals surface area (Å²) in [4.78, 5) is 52.8. The summed E-state index contributed by atoms with van der Waals surface area (Å²) in [7, 11) is 0. The molecule has 0 saturated heterocycles. The molecule has 0 bridgehead atoms. The van der Waals surface area contributed by atoms with Crippen molar-refractivity contribution < 1.29 is 19.1 Å². The number of rotatable bonds is 34. The van der Waals surface area contributed by atoms with Gasteiger partial charge in [-0.1, -0.05) is 111 Å². The van der Waals surface area contributed by atoms with Gasteiger partial charge in [0.25, 0.3) is 5.56 Å². The Morgan fingerprint density at radius 3 is 1.84 bits per heavy atom. The minimum absolute atomic E-state index is 0.0292. The molecule has 9 nitrogen and oxygen atoms in total. The van der Waals surface area contributed by atoms with Gasteiger partial charge in [-0.2, -0.15) is 0 Å². The Hall–Kier alpha value is -2.42. The Morgan fingerprint density at radius 2 is 1.18 bits per heavy atom. The van der Waals surface area contributed by atoms with Gasteiger partial charge in [0.15, 0.2) is 0 Å². The average Bonchev–Trinajstić information content (AvgIpc) is 3.08. The number of H-pyrrole nitrogens is 1. The molecule has 9 heteroatoms. The first-order valence-electron chi connectivity index (χ1n) is 20.3. The normalized spacial score (nSPS) is 12.0. The molecule has 1 heterocycles. The summed E-state index contributed by atoms with van der Waals surface area (Å²) < 4.78 is 12.8. The average molecular weight is 692 g/mol. The van der Waals surface area contributed by atoms with Crippen LogP contribution < -0.4 is 11.2 Å². The molecule has 284 valence electrons. The van der Waals surface area contributed by atoms with Crippen LogP contribution >= 0.6 is 0 Å². The Kier molecular flexibility index (Phi) is 28.7. The van der Waals surface area contributed by atoms with Crippen LogP contribution in [0.25, 0.3) is 0 Å². The fourth-order valence-electron chi connectivity index (χ4n) is 6.22. The van der Waals surface area contributed by atoms with Crippen LogP contribution in [0, 0.1) is 0 Å². The van der Waals surface area contributed by atoms with Crippen molar-refractivity contribution in [2.75, 3.05) is 26.2 Å².